The van der Waals surface area contributed by atoms with Crippen molar-refractivity contribution in [2.75, 3.05) is 26.8 Å². The van der Waals surface area contributed by atoms with Crippen LogP contribution in [-0.4, -0.2) is 47.2 Å². The van der Waals surface area contributed by atoms with Crippen molar-refractivity contribution in [1.82, 2.24) is 19.9 Å². The van der Waals surface area contributed by atoms with Crippen LogP contribution in [0.5, 0.6) is 0 Å². The number of methoxy groups -OCH3 is 1. The van der Waals surface area contributed by atoms with Crippen LogP contribution in [-0.2, 0) is 11.2 Å². The molecule has 3 heterocycles. The molecule has 0 radical (unpaired) electrons. The van der Waals surface area contributed by atoms with E-state index in [9.17, 15) is 0 Å². The summed E-state index contributed by atoms with van der Waals surface area (Å²) in [6, 6.07) is 14.4. The maximum atomic E-state index is 5.16. The smallest absolute Gasteiger partial charge is 0.167 e. The van der Waals surface area contributed by atoms with Crippen LogP contribution < -0.4 is 5.32 Å². The minimum atomic E-state index is 0.603. The van der Waals surface area contributed by atoms with Crippen molar-refractivity contribution < 1.29 is 4.74 Å². The Hall–Kier alpha value is -2.73. The van der Waals surface area contributed by atoms with E-state index in [2.05, 4.69) is 34.6 Å². The maximum Gasteiger partial charge on any atom is 0.167 e. The normalized spacial score (nSPS) is 14.0. The van der Waals surface area contributed by atoms with Gasteiger partial charge in [0, 0.05) is 25.6 Å². The van der Waals surface area contributed by atoms with Gasteiger partial charge in [0.15, 0.2) is 11.5 Å². The Labute approximate surface area is 140 Å². The summed E-state index contributed by atoms with van der Waals surface area (Å²) in [4.78, 5) is 9.26. The summed E-state index contributed by atoms with van der Waals surface area (Å²) in [7, 11) is 1.69. The molecular weight excluding hydrogens is 302 g/mol. The Morgan fingerprint density at radius 1 is 1.17 bits per heavy atom. The zero-order valence-corrected chi connectivity index (χ0v) is 13.6. The van der Waals surface area contributed by atoms with Crippen LogP contribution in [0.15, 0.2) is 47.5 Å². The molecule has 24 heavy (non-hydrogen) atoms. The number of nitrogens with one attached hydrogen (secondary N) is 1. The zero-order valence-electron chi connectivity index (χ0n) is 13.6. The van der Waals surface area contributed by atoms with Crippen molar-refractivity contribution in [2.45, 2.75) is 6.42 Å². The van der Waals surface area contributed by atoms with Crippen LogP contribution in [0.3, 0.4) is 0 Å². The van der Waals surface area contributed by atoms with Gasteiger partial charge in [-0.15, -0.1) is 0 Å². The molecule has 4 rings (SSSR count). The quantitative estimate of drug-likeness (QED) is 0.780. The van der Waals surface area contributed by atoms with Gasteiger partial charge >= 0.3 is 0 Å². The molecule has 0 saturated carbocycles. The number of amidine groups is 1. The third-order valence-corrected chi connectivity index (χ3v) is 4.06. The number of aromatic nitrogens is 3. The van der Waals surface area contributed by atoms with Gasteiger partial charge in [0.2, 0.25) is 0 Å². The number of fused-ring (bicyclic) bond motifs is 1. The second-order valence-corrected chi connectivity index (χ2v) is 5.66. The molecule has 1 aromatic carbocycles. The minimum Gasteiger partial charge on any atom is -0.384 e. The van der Waals surface area contributed by atoms with Crippen LogP contribution in [0.4, 0.5) is 0 Å². The number of hydrogen-bond acceptors (Lipinski definition) is 5. The van der Waals surface area contributed by atoms with E-state index in [0.29, 0.717) is 13.0 Å². The lowest BCUT2D eigenvalue weighted by molar-refractivity contribution is 0.200. The minimum absolute atomic E-state index is 0.603. The van der Waals surface area contributed by atoms with Gasteiger partial charge in [-0.2, -0.15) is 5.10 Å². The first kappa shape index (κ1) is 14.8. The van der Waals surface area contributed by atoms with Gasteiger partial charge in [-0.05, 0) is 12.1 Å². The van der Waals surface area contributed by atoms with Gasteiger partial charge in [0.25, 0.3) is 0 Å². The van der Waals surface area contributed by atoms with Gasteiger partial charge < -0.3 is 10.1 Å². The first-order valence-corrected chi connectivity index (χ1v) is 8.08. The van der Waals surface area contributed by atoms with Gasteiger partial charge in [0.1, 0.15) is 5.84 Å². The SMILES string of the molecule is COCCc1nc2c(C3=NCCN3)ccc(-c3ccccc3)n2n1. The predicted molar refractivity (Wildman–Crippen MR) is 93.4 cm³/mol. The van der Waals surface area contributed by atoms with E-state index in [0.717, 1.165) is 47.2 Å². The summed E-state index contributed by atoms with van der Waals surface area (Å²) in [5.74, 6) is 1.67. The van der Waals surface area contributed by atoms with Crippen LogP contribution in [0.25, 0.3) is 16.9 Å². The van der Waals surface area contributed by atoms with Crippen LogP contribution >= 0.6 is 0 Å². The lowest BCUT2D eigenvalue weighted by Gasteiger charge is -2.08. The fourth-order valence-electron chi connectivity index (χ4n) is 2.89. The number of nitrogens with zero attached hydrogens (tertiary/aromatic N) is 4. The van der Waals surface area contributed by atoms with Crippen LogP contribution in [0, 0.1) is 0 Å². The molecule has 6 heteroatoms. The fourth-order valence-corrected chi connectivity index (χ4v) is 2.89. The molecule has 0 atom stereocenters. The summed E-state index contributed by atoms with van der Waals surface area (Å²) >= 11 is 0. The topological polar surface area (TPSA) is 63.8 Å². The van der Waals surface area contributed by atoms with Crippen molar-refractivity contribution in [3.05, 3.63) is 53.9 Å². The van der Waals surface area contributed by atoms with Crippen LogP contribution in [0.2, 0.25) is 0 Å². The largest absolute Gasteiger partial charge is 0.384 e. The Morgan fingerprint density at radius 2 is 2.04 bits per heavy atom. The molecule has 1 aliphatic heterocycles. The Morgan fingerprint density at radius 3 is 2.79 bits per heavy atom. The number of rotatable bonds is 5. The molecule has 2 aromatic heterocycles. The molecule has 0 saturated heterocycles. The van der Waals surface area contributed by atoms with E-state index < -0.39 is 0 Å². The third-order valence-electron chi connectivity index (χ3n) is 4.06. The number of hydrogen-bond donors (Lipinski definition) is 1. The zero-order chi connectivity index (χ0) is 16.4. The average molecular weight is 321 g/mol. The molecule has 1 aliphatic rings. The third kappa shape index (κ3) is 2.65. The monoisotopic (exact) mass is 321 g/mol. The van der Waals surface area contributed by atoms with Crippen LogP contribution in [0.1, 0.15) is 11.4 Å². The highest BCUT2D eigenvalue weighted by Gasteiger charge is 2.18. The molecule has 0 fully saturated rings. The first-order valence-electron chi connectivity index (χ1n) is 8.08. The van der Waals surface area contributed by atoms with Crippen molar-refractivity contribution in [2.24, 2.45) is 4.99 Å². The Kier molecular flexibility index (Phi) is 3.96. The summed E-state index contributed by atoms with van der Waals surface area (Å²) in [6.07, 6.45) is 0.686. The van der Waals surface area contributed by atoms with E-state index >= 15 is 0 Å². The highest BCUT2D eigenvalue weighted by atomic mass is 16.5. The number of ether oxygens (including phenoxy) is 1. The predicted octanol–water partition coefficient (Wildman–Crippen LogP) is 1.93. The molecule has 3 aromatic rings. The summed E-state index contributed by atoms with van der Waals surface area (Å²) < 4.78 is 7.08. The van der Waals surface area contributed by atoms with E-state index in [1.165, 1.54) is 0 Å². The molecule has 0 aliphatic carbocycles. The number of benzene rings is 1. The standard InChI is InChI=1S/C18H19N5O/c1-24-12-9-16-21-18-14(17-19-10-11-20-17)7-8-15(23(18)22-16)13-5-3-2-4-6-13/h2-8H,9-12H2,1H3,(H,19,20). The lowest BCUT2D eigenvalue weighted by Crippen LogP contribution is -2.20. The van der Waals surface area contributed by atoms with Gasteiger partial charge in [-0.25, -0.2) is 9.50 Å². The Balaban J connectivity index is 1.88. The van der Waals surface area contributed by atoms with Gasteiger partial charge in [0.05, 0.1) is 24.4 Å². The number of pyridine rings is 1. The molecule has 0 bridgehead atoms. The van der Waals surface area contributed by atoms with Crippen molar-refractivity contribution >= 4 is 11.5 Å². The molecule has 1 N–H and O–H groups in total. The van der Waals surface area contributed by atoms with Crippen molar-refractivity contribution in [3.63, 3.8) is 0 Å². The fraction of sp³-hybridized carbons (Fsp3) is 0.278. The molecule has 122 valence electrons. The number of aliphatic imine (C=N–C) groups is 1. The van der Waals surface area contributed by atoms with E-state index in [4.69, 9.17) is 14.8 Å². The van der Waals surface area contributed by atoms with Gasteiger partial charge in [-0.3, -0.25) is 4.99 Å². The maximum absolute atomic E-state index is 5.16. The highest BCUT2D eigenvalue weighted by Crippen LogP contribution is 2.23. The van der Waals surface area contributed by atoms with E-state index in [-0.39, 0.29) is 0 Å². The van der Waals surface area contributed by atoms with E-state index in [1.54, 1.807) is 7.11 Å². The second kappa shape index (κ2) is 6.41. The van der Waals surface area contributed by atoms with E-state index in [1.807, 2.05) is 22.7 Å². The Bertz CT molecular complexity index is 885. The van der Waals surface area contributed by atoms with Crippen molar-refractivity contribution in [1.29, 1.82) is 0 Å². The second-order valence-electron chi connectivity index (χ2n) is 5.66. The summed E-state index contributed by atoms with van der Waals surface area (Å²) in [5, 5.41) is 8.02. The van der Waals surface area contributed by atoms with Crippen molar-refractivity contribution in [3.8, 4) is 11.3 Å². The van der Waals surface area contributed by atoms with Gasteiger partial charge in [-0.1, -0.05) is 30.3 Å². The molecule has 0 amide bonds. The molecule has 0 unspecified atom stereocenters. The molecular formula is C18H19N5O. The molecule has 0 spiro atoms. The average Bonchev–Trinajstić information content (AvgIpc) is 3.29. The summed E-state index contributed by atoms with van der Waals surface area (Å²) in [5.41, 5.74) is 3.95. The highest BCUT2D eigenvalue weighted by molar-refractivity contribution is 6.04. The summed E-state index contributed by atoms with van der Waals surface area (Å²) in [6.45, 7) is 2.27. The molecule has 6 nitrogen and oxygen atoms in total. The first-order chi connectivity index (χ1) is 11.9. The lowest BCUT2D eigenvalue weighted by atomic mass is 10.1.